The predicted molar refractivity (Wildman–Crippen MR) is 225 cm³/mol. The highest BCUT2D eigenvalue weighted by atomic mass is 79.9. The molecule has 16 heteroatoms. The minimum atomic E-state index is -4.77. The quantitative estimate of drug-likeness (QED) is 0.0472. The molecule has 0 aliphatic carbocycles. The van der Waals surface area contributed by atoms with Crippen LogP contribution in [0.1, 0.15) is 73.9 Å². The lowest BCUT2D eigenvalue weighted by atomic mass is 9.93. The van der Waals surface area contributed by atoms with Crippen molar-refractivity contribution in [2.75, 3.05) is 26.4 Å². The number of carbonyl (C=O) groups is 2. The summed E-state index contributed by atoms with van der Waals surface area (Å²) < 4.78 is 115. The van der Waals surface area contributed by atoms with Gasteiger partial charge in [0.1, 0.15) is 11.5 Å². The van der Waals surface area contributed by atoms with Crippen LogP contribution in [0.2, 0.25) is 0 Å². The molecule has 4 rings (SSSR count). The molecule has 1 unspecified atom stereocenters. The molecule has 0 heterocycles. The Kier molecular flexibility index (Phi) is 18.5. The van der Waals surface area contributed by atoms with E-state index in [9.17, 15) is 41.0 Å². The Morgan fingerprint density at radius 3 is 1.44 bits per heavy atom. The van der Waals surface area contributed by atoms with E-state index in [-0.39, 0.29) is 86.7 Å². The third kappa shape index (κ3) is 15.0. The molecule has 0 aliphatic rings. The number of aryl methyl sites for hydroxylation is 2. The number of carbonyl (C=O) groups excluding carboxylic acids is 1. The Bertz CT molecular complexity index is 2090. The number of benzene rings is 4. The van der Waals surface area contributed by atoms with E-state index in [1.807, 2.05) is 0 Å². The first kappa shape index (κ1) is 49.5. The fraction of sp³-hybridized carbons (Fsp3) is 0.422. The van der Waals surface area contributed by atoms with Gasteiger partial charge in [0.25, 0.3) is 0 Å². The highest BCUT2D eigenvalue weighted by Gasteiger charge is 2.35. The molecular formula is C45H48Br2F6O8. The molecule has 2 atom stereocenters. The monoisotopic (exact) mass is 988 g/mol. The Balaban J connectivity index is 1.39. The minimum absolute atomic E-state index is 0.00649. The van der Waals surface area contributed by atoms with Gasteiger partial charge < -0.3 is 28.8 Å². The largest absolute Gasteiger partial charge is 0.492 e. The molecule has 0 bridgehead atoms. The number of hydrogen-bond donors (Lipinski definition) is 1. The topological polar surface area (TPSA) is 101 Å². The van der Waals surface area contributed by atoms with Gasteiger partial charge in [-0.05, 0) is 155 Å². The fourth-order valence-corrected chi connectivity index (χ4v) is 7.59. The van der Waals surface area contributed by atoms with Crippen LogP contribution in [-0.4, -0.2) is 61.8 Å². The van der Waals surface area contributed by atoms with Crippen molar-refractivity contribution in [2.45, 2.75) is 96.9 Å². The summed E-state index contributed by atoms with van der Waals surface area (Å²) in [6.07, 6.45) is -10.9. The smallest absolute Gasteiger partial charge is 0.416 e. The molecule has 61 heavy (non-hydrogen) atoms. The van der Waals surface area contributed by atoms with E-state index in [1.165, 1.54) is 24.3 Å². The number of alkyl halides is 6. The van der Waals surface area contributed by atoms with Crippen LogP contribution in [0.15, 0.2) is 81.7 Å². The van der Waals surface area contributed by atoms with Crippen LogP contribution >= 0.6 is 31.9 Å². The number of esters is 1. The van der Waals surface area contributed by atoms with E-state index in [2.05, 4.69) is 31.9 Å². The van der Waals surface area contributed by atoms with Crippen LogP contribution in [0.3, 0.4) is 0 Å². The summed E-state index contributed by atoms with van der Waals surface area (Å²) in [4.78, 5) is 23.9. The van der Waals surface area contributed by atoms with Gasteiger partial charge in [0, 0.05) is 26.1 Å². The third-order valence-corrected chi connectivity index (χ3v) is 10.6. The molecule has 1 N–H and O–H groups in total. The van der Waals surface area contributed by atoms with Gasteiger partial charge in [0.05, 0.1) is 39.4 Å². The van der Waals surface area contributed by atoms with Crippen LogP contribution in [0.5, 0.6) is 11.5 Å². The third-order valence-electron chi connectivity index (χ3n) is 9.32. The van der Waals surface area contributed by atoms with Crippen molar-refractivity contribution >= 4 is 43.8 Å². The van der Waals surface area contributed by atoms with Gasteiger partial charge in [0.15, 0.2) is 12.2 Å². The SMILES string of the molecule is CCOC(Cc1ccc(OCCCc2ccc(-c3ccc(CCCOc4ccc(C[C@H](OCC)C(=O)O)cc4Br)c(C(F)(F)F)c3)cc2C(F)(F)F)c(Br)c1)C(=O)OC(C)C. The first-order chi connectivity index (χ1) is 28.8. The van der Waals surface area contributed by atoms with Crippen LogP contribution in [0, 0.1) is 0 Å². The van der Waals surface area contributed by atoms with E-state index in [0.717, 1.165) is 17.7 Å². The average Bonchev–Trinajstić information content (AvgIpc) is 3.18. The van der Waals surface area contributed by atoms with Gasteiger partial charge in [-0.1, -0.05) is 36.4 Å². The van der Waals surface area contributed by atoms with Crippen LogP contribution < -0.4 is 9.47 Å². The Morgan fingerprint density at radius 1 is 0.639 bits per heavy atom. The first-order valence-corrected chi connectivity index (χ1v) is 21.3. The van der Waals surface area contributed by atoms with Crippen LogP contribution in [-0.2, 0) is 61.8 Å². The lowest BCUT2D eigenvalue weighted by molar-refractivity contribution is -0.160. The van der Waals surface area contributed by atoms with E-state index in [4.69, 9.17) is 23.7 Å². The zero-order valence-electron chi connectivity index (χ0n) is 34.1. The van der Waals surface area contributed by atoms with E-state index < -0.39 is 47.6 Å². The fourth-order valence-electron chi connectivity index (χ4n) is 6.51. The Labute approximate surface area is 368 Å². The molecule has 0 spiro atoms. The van der Waals surface area contributed by atoms with Gasteiger partial charge in [0.2, 0.25) is 0 Å². The van der Waals surface area contributed by atoms with Gasteiger partial charge in [-0.15, -0.1) is 0 Å². The number of rotatable bonds is 22. The molecule has 4 aromatic carbocycles. The lowest BCUT2D eigenvalue weighted by Gasteiger charge is -2.18. The highest BCUT2D eigenvalue weighted by Crippen LogP contribution is 2.39. The molecule has 4 aromatic rings. The molecule has 0 amide bonds. The maximum Gasteiger partial charge on any atom is 0.416 e. The zero-order chi connectivity index (χ0) is 44.9. The zero-order valence-corrected chi connectivity index (χ0v) is 37.2. The molecule has 0 aliphatic heterocycles. The van der Waals surface area contributed by atoms with E-state index in [1.54, 1.807) is 64.1 Å². The number of aliphatic carboxylic acids is 1. The van der Waals surface area contributed by atoms with Crippen LogP contribution in [0.4, 0.5) is 26.3 Å². The van der Waals surface area contributed by atoms with Crippen molar-refractivity contribution in [2.24, 2.45) is 0 Å². The first-order valence-electron chi connectivity index (χ1n) is 19.7. The number of hydrogen-bond acceptors (Lipinski definition) is 7. The maximum absolute atomic E-state index is 14.3. The van der Waals surface area contributed by atoms with E-state index in [0.29, 0.717) is 32.6 Å². The summed E-state index contributed by atoms with van der Waals surface area (Å²) >= 11 is 6.85. The van der Waals surface area contributed by atoms with E-state index >= 15 is 0 Å². The normalized spacial score (nSPS) is 12.9. The second kappa shape index (κ2) is 22.8. The second-order valence-electron chi connectivity index (χ2n) is 14.3. The number of halogens is 8. The van der Waals surface area contributed by atoms with Crippen LogP contribution in [0.25, 0.3) is 11.1 Å². The van der Waals surface area contributed by atoms with Crippen molar-refractivity contribution < 1.29 is 64.7 Å². The van der Waals surface area contributed by atoms with Gasteiger partial charge in [-0.25, -0.2) is 9.59 Å². The van der Waals surface area contributed by atoms with Crippen molar-refractivity contribution in [1.29, 1.82) is 0 Å². The lowest BCUT2D eigenvalue weighted by Crippen LogP contribution is -2.30. The summed E-state index contributed by atoms with van der Waals surface area (Å²) in [6.45, 7) is 7.66. The number of carboxylic acid groups (broad SMARTS) is 1. The summed E-state index contributed by atoms with van der Waals surface area (Å²) in [5.74, 6) is -0.684. The molecular weight excluding hydrogens is 942 g/mol. The second-order valence-corrected chi connectivity index (χ2v) is 16.0. The predicted octanol–water partition coefficient (Wildman–Crippen LogP) is 11.9. The number of ether oxygens (including phenoxy) is 5. The van der Waals surface area contributed by atoms with Gasteiger partial charge in [-0.3, -0.25) is 0 Å². The van der Waals surface area contributed by atoms with Crippen molar-refractivity contribution in [1.82, 2.24) is 0 Å². The molecule has 0 radical (unpaired) electrons. The summed E-state index contributed by atoms with van der Waals surface area (Å²) in [5, 5.41) is 9.35. The maximum atomic E-state index is 14.3. The molecule has 0 saturated heterocycles. The molecule has 0 saturated carbocycles. The molecule has 332 valence electrons. The Hall–Kier alpha value is -4.12. The van der Waals surface area contributed by atoms with Crippen molar-refractivity contribution in [3.8, 4) is 22.6 Å². The summed E-state index contributed by atoms with van der Waals surface area (Å²) in [5.41, 5.74) is -0.503. The number of carboxylic acids is 1. The van der Waals surface area contributed by atoms with Crippen molar-refractivity contribution in [3.05, 3.63) is 115 Å². The summed E-state index contributed by atoms with van der Waals surface area (Å²) in [7, 11) is 0. The minimum Gasteiger partial charge on any atom is -0.492 e. The molecule has 8 nitrogen and oxygen atoms in total. The van der Waals surface area contributed by atoms with Gasteiger partial charge >= 0.3 is 24.3 Å². The average molecular weight is 991 g/mol. The Morgan fingerprint density at radius 2 is 1.07 bits per heavy atom. The van der Waals surface area contributed by atoms with Crippen molar-refractivity contribution in [3.63, 3.8) is 0 Å². The molecule has 0 aromatic heterocycles. The highest BCUT2D eigenvalue weighted by molar-refractivity contribution is 9.11. The molecule has 0 fully saturated rings. The summed E-state index contributed by atoms with van der Waals surface area (Å²) in [6, 6.07) is 17.3. The van der Waals surface area contributed by atoms with Gasteiger partial charge in [-0.2, -0.15) is 26.3 Å². The standard InChI is InChI=1S/C45H48Br2F6O8/c1-5-57-40(42(54)55)23-28-11-17-38(36(46)21-28)59-19-7-9-30-13-15-32(25-34(30)44(48,49)50)33-16-14-31(35(26-33)45(51,52)53)10-8-20-60-39-18-12-29(22-37(39)47)24-41(58-6-2)43(56)61-27(3)4/h11-18,21-22,25-27,40-41H,5-10,19-20,23-24H2,1-4H3,(H,54,55)/t40-,41?/m0/s1.